The maximum absolute atomic E-state index is 11.4. The lowest BCUT2D eigenvalue weighted by Crippen LogP contribution is -2.50. The third-order valence-corrected chi connectivity index (χ3v) is 3.05. The van der Waals surface area contributed by atoms with Crippen LogP contribution in [-0.4, -0.2) is 42.9 Å². The Morgan fingerprint density at radius 2 is 2.12 bits per heavy atom. The van der Waals surface area contributed by atoms with Crippen LogP contribution < -0.4 is 10.6 Å². The second-order valence-corrected chi connectivity index (χ2v) is 4.45. The van der Waals surface area contributed by atoms with Crippen molar-refractivity contribution in [3.05, 3.63) is 0 Å². The minimum absolute atomic E-state index is 0.178. The summed E-state index contributed by atoms with van der Waals surface area (Å²) >= 11 is 0. The van der Waals surface area contributed by atoms with E-state index < -0.39 is 11.9 Å². The number of urea groups is 1. The van der Waals surface area contributed by atoms with Crippen LogP contribution in [-0.2, 0) is 9.53 Å². The van der Waals surface area contributed by atoms with Gasteiger partial charge in [-0.15, -0.1) is 0 Å². The van der Waals surface area contributed by atoms with E-state index in [2.05, 4.69) is 10.6 Å². The van der Waals surface area contributed by atoms with Crippen molar-refractivity contribution in [1.29, 1.82) is 0 Å². The molecule has 0 aromatic rings. The minimum Gasteiger partial charge on any atom is -0.481 e. The topological polar surface area (TPSA) is 87.7 Å². The van der Waals surface area contributed by atoms with Gasteiger partial charge in [-0.3, -0.25) is 4.79 Å². The van der Waals surface area contributed by atoms with Crippen molar-refractivity contribution < 1.29 is 19.4 Å². The second-order valence-electron chi connectivity index (χ2n) is 4.45. The molecule has 6 nitrogen and oxygen atoms in total. The average Bonchev–Trinajstić information content (AvgIpc) is 2.22. The Morgan fingerprint density at radius 1 is 1.47 bits per heavy atom. The van der Waals surface area contributed by atoms with E-state index in [1.165, 1.54) is 0 Å². The van der Waals surface area contributed by atoms with Gasteiger partial charge in [0.05, 0.1) is 12.0 Å². The molecule has 1 aliphatic carbocycles. The zero-order valence-electron chi connectivity index (χ0n) is 10.2. The fourth-order valence-corrected chi connectivity index (χ4v) is 1.64. The highest BCUT2D eigenvalue weighted by Gasteiger charge is 2.29. The van der Waals surface area contributed by atoms with Crippen molar-refractivity contribution in [1.82, 2.24) is 10.6 Å². The van der Waals surface area contributed by atoms with Crippen molar-refractivity contribution >= 4 is 12.0 Å². The Hall–Kier alpha value is -1.30. The third kappa shape index (κ3) is 4.60. The molecule has 98 valence electrons. The molecule has 2 amide bonds. The van der Waals surface area contributed by atoms with E-state index in [9.17, 15) is 9.59 Å². The number of hydrogen-bond acceptors (Lipinski definition) is 3. The highest BCUT2D eigenvalue weighted by Crippen LogP contribution is 2.22. The summed E-state index contributed by atoms with van der Waals surface area (Å²) in [6.07, 6.45) is 2.38. The summed E-state index contributed by atoms with van der Waals surface area (Å²) in [5, 5.41) is 14.1. The molecule has 0 spiro atoms. The monoisotopic (exact) mass is 244 g/mol. The Bertz CT molecular complexity index is 277. The quantitative estimate of drug-likeness (QED) is 0.637. The summed E-state index contributed by atoms with van der Waals surface area (Å²) in [6.45, 7) is 2.00. The number of methoxy groups -OCH3 is 1. The van der Waals surface area contributed by atoms with E-state index in [1.807, 2.05) is 0 Å². The number of carboxylic acids is 1. The number of carbonyl (C=O) groups excluding carboxylic acids is 1. The molecule has 1 rings (SSSR count). The van der Waals surface area contributed by atoms with E-state index in [1.54, 1.807) is 14.0 Å². The average molecular weight is 244 g/mol. The molecule has 1 fully saturated rings. The van der Waals surface area contributed by atoms with Crippen LogP contribution >= 0.6 is 0 Å². The van der Waals surface area contributed by atoms with Gasteiger partial charge >= 0.3 is 12.0 Å². The molecule has 0 aromatic heterocycles. The first kappa shape index (κ1) is 13.8. The predicted molar refractivity (Wildman–Crippen MR) is 61.8 cm³/mol. The molecule has 17 heavy (non-hydrogen) atoms. The van der Waals surface area contributed by atoms with Gasteiger partial charge in [-0.05, 0) is 19.3 Å². The molecule has 1 saturated carbocycles. The van der Waals surface area contributed by atoms with Crippen LogP contribution in [0.5, 0.6) is 0 Å². The van der Waals surface area contributed by atoms with E-state index in [-0.39, 0.29) is 18.2 Å². The van der Waals surface area contributed by atoms with Gasteiger partial charge in [-0.25, -0.2) is 4.79 Å². The zero-order chi connectivity index (χ0) is 12.8. The molecule has 0 aliphatic heterocycles. The summed E-state index contributed by atoms with van der Waals surface area (Å²) in [6, 6.07) is -0.0565. The van der Waals surface area contributed by atoms with Crippen LogP contribution in [0, 0.1) is 5.92 Å². The molecule has 0 saturated heterocycles. The number of rotatable bonds is 6. The fraction of sp³-hybridized carbons (Fsp3) is 0.818. The Morgan fingerprint density at radius 3 is 2.65 bits per heavy atom. The summed E-state index contributed by atoms with van der Waals surface area (Å²) < 4.78 is 5.10. The van der Waals surface area contributed by atoms with Crippen LogP contribution in [0.4, 0.5) is 4.79 Å². The van der Waals surface area contributed by atoms with Gasteiger partial charge in [0.25, 0.3) is 0 Å². The fourth-order valence-electron chi connectivity index (χ4n) is 1.64. The predicted octanol–water partition coefficient (Wildman–Crippen LogP) is 0.574. The molecule has 6 heteroatoms. The van der Waals surface area contributed by atoms with E-state index in [4.69, 9.17) is 9.84 Å². The SMILES string of the molecule is COC1CC(NC(=O)NCCC(C)C(=O)O)C1. The molecule has 0 aromatic carbocycles. The van der Waals surface area contributed by atoms with Crippen LogP contribution in [0.3, 0.4) is 0 Å². The summed E-state index contributed by atoms with van der Waals surface area (Å²) in [4.78, 5) is 21.9. The molecule has 1 atom stereocenters. The van der Waals surface area contributed by atoms with Crippen LogP contribution in [0.15, 0.2) is 0 Å². The van der Waals surface area contributed by atoms with E-state index >= 15 is 0 Å². The lowest BCUT2D eigenvalue weighted by molar-refractivity contribution is -0.141. The molecular formula is C11H20N2O4. The van der Waals surface area contributed by atoms with Gasteiger partial charge in [0, 0.05) is 19.7 Å². The standard InChI is InChI=1S/C11H20N2O4/c1-7(10(14)15)3-4-12-11(16)13-8-5-9(6-8)17-2/h7-9H,3-6H2,1-2H3,(H,14,15)(H2,12,13,16). The number of carboxylic acid groups (broad SMARTS) is 1. The Kier molecular flexibility index (Phi) is 5.21. The zero-order valence-corrected chi connectivity index (χ0v) is 10.2. The largest absolute Gasteiger partial charge is 0.481 e. The number of aliphatic carboxylic acids is 1. The summed E-state index contributed by atoms with van der Waals surface area (Å²) in [7, 11) is 1.66. The van der Waals surface area contributed by atoms with Crippen LogP contribution in [0.1, 0.15) is 26.2 Å². The number of amides is 2. The maximum Gasteiger partial charge on any atom is 0.315 e. The van der Waals surface area contributed by atoms with Crippen LogP contribution in [0.2, 0.25) is 0 Å². The molecule has 1 unspecified atom stereocenters. The normalized spacial score (nSPS) is 24.6. The van der Waals surface area contributed by atoms with Crippen molar-refractivity contribution in [2.75, 3.05) is 13.7 Å². The number of carbonyl (C=O) groups is 2. The van der Waals surface area contributed by atoms with Gasteiger partial charge < -0.3 is 20.5 Å². The van der Waals surface area contributed by atoms with Crippen molar-refractivity contribution in [2.24, 2.45) is 5.92 Å². The van der Waals surface area contributed by atoms with Gasteiger partial charge in [-0.2, -0.15) is 0 Å². The molecule has 0 bridgehead atoms. The number of ether oxygens (including phenoxy) is 1. The van der Waals surface area contributed by atoms with Gasteiger partial charge in [0.1, 0.15) is 0 Å². The highest BCUT2D eigenvalue weighted by molar-refractivity contribution is 5.74. The minimum atomic E-state index is -0.839. The Balaban J connectivity index is 2.04. The van der Waals surface area contributed by atoms with Gasteiger partial charge in [0.15, 0.2) is 0 Å². The maximum atomic E-state index is 11.4. The van der Waals surface area contributed by atoms with E-state index in [0.29, 0.717) is 13.0 Å². The Labute approximate surface area is 101 Å². The summed E-state index contributed by atoms with van der Waals surface area (Å²) in [5.41, 5.74) is 0. The van der Waals surface area contributed by atoms with Crippen LogP contribution in [0.25, 0.3) is 0 Å². The molecule has 3 N–H and O–H groups in total. The highest BCUT2D eigenvalue weighted by atomic mass is 16.5. The molecule has 1 aliphatic rings. The third-order valence-electron chi connectivity index (χ3n) is 3.05. The molecule has 0 heterocycles. The number of hydrogen-bond donors (Lipinski definition) is 3. The lowest BCUT2D eigenvalue weighted by Gasteiger charge is -2.34. The molecule has 0 radical (unpaired) electrons. The van der Waals surface area contributed by atoms with Crippen molar-refractivity contribution in [3.8, 4) is 0 Å². The van der Waals surface area contributed by atoms with E-state index in [0.717, 1.165) is 12.8 Å². The lowest BCUT2D eigenvalue weighted by atomic mass is 9.89. The van der Waals surface area contributed by atoms with Gasteiger partial charge in [-0.1, -0.05) is 6.92 Å². The second kappa shape index (κ2) is 6.44. The first-order chi connectivity index (χ1) is 8.02. The first-order valence-electron chi connectivity index (χ1n) is 5.83. The summed E-state index contributed by atoms with van der Waals surface area (Å²) in [5.74, 6) is -1.27. The van der Waals surface area contributed by atoms with Gasteiger partial charge in [0.2, 0.25) is 0 Å². The number of nitrogens with one attached hydrogen (secondary N) is 2. The first-order valence-corrected chi connectivity index (χ1v) is 5.83. The molecular weight excluding hydrogens is 224 g/mol. The van der Waals surface area contributed by atoms with Crippen molar-refractivity contribution in [2.45, 2.75) is 38.3 Å². The van der Waals surface area contributed by atoms with Crippen molar-refractivity contribution in [3.63, 3.8) is 0 Å². The smallest absolute Gasteiger partial charge is 0.315 e.